The molecule has 84 valence electrons. The molecule has 0 saturated heterocycles. The molecule has 0 aliphatic heterocycles. The second-order valence-electron chi connectivity index (χ2n) is 3.40. The van der Waals surface area contributed by atoms with Gasteiger partial charge in [0, 0.05) is 17.5 Å². The second kappa shape index (κ2) is 5.58. The standard InChI is InChI=1S/C10H13BrClNO2/c1-6(4-14)5-15-10-8(11)2-7(12)3-9(10)13/h2-3,6,14H,4-5,13H2,1H3. The Bertz CT molecular complexity index is 323. The monoisotopic (exact) mass is 293 g/mol. The molecular weight excluding hydrogens is 281 g/mol. The Morgan fingerprint density at radius 3 is 2.80 bits per heavy atom. The molecule has 15 heavy (non-hydrogen) atoms. The summed E-state index contributed by atoms with van der Waals surface area (Å²) in [4.78, 5) is 0. The zero-order chi connectivity index (χ0) is 11.4. The van der Waals surface area contributed by atoms with Gasteiger partial charge < -0.3 is 15.6 Å². The van der Waals surface area contributed by atoms with Crippen molar-refractivity contribution < 1.29 is 9.84 Å². The van der Waals surface area contributed by atoms with E-state index < -0.39 is 0 Å². The van der Waals surface area contributed by atoms with Gasteiger partial charge in [-0.1, -0.05) is 18.5 Å². The van der Waals surface area contributed by atoms with Gasteiger partial charge in [-0.15, -0.1) is 0 Å². The van der Waals surface area contributed by atoms with Crippen molar-refractivity contribution in [1.29, 1.82) is 0 Å². The maximum atomic E-state index is 8.85. The number of nitrogens with two attached hydrogens (primary N) is 1. The summed E-state index contributed by atoms with van der Waals surface area (Å²) in [5.74, 6) is 0.645. The minimum absolute atomic E-state index is 0.0759. The van der Waals surface area contributed by atoms with Gasteiger partial charge in [-0.2, -0.15) is 0 Å². The molecule has 3 nitrogen and oxygen atoms in total. The first-order valence-corrected chi connectivity index (χ1v) is 5.70. The first-order chi connectivity index (χ1) is 7.04. The van der Waals surface area contributed by atoms with Crippen LogP contribution in [0.3, 0.4) is 0 Å². The van der Waals surface area contributed by atoms with Crippen molar-refractivity contribution in [2.45, 2.75) is 6.92 Å². The van der Waals surface area contributed by atoms with E-state index in [2.05, 4.69) is 15.9 Å². The first-order valence-electron chi connectivity index (χ1n) is 4.52. The van der Waals surface area contributed by atoms with Gasteiger partial charge in [0.15, 0.2) is 5.75 Å². The lowest BCUT2D eigenvalue weighted by Crippen LogP contribution is -2.13. The van der Waals surface area contributed by atoms with Crippen molar-refractivity contribution in [2.75, 3.05) is 18.9 Å². The third-order valence-corrected chi connectivity index (χ3v) is 2.67. The molecule has 1 aromatic rings. The van der Waals surface area contributed by atoms with E-state index in [4.69, 9.17) is 27.2 Å². The summed E-state index contributed by atoms with van der Waals surface area (Å²) in [6, 6.07) is 3.35. The predicted octanol–water partition coefficient (Wildman–Crippen LogP) is 2.69. The normalized spacial score (nSPS) is 12.5. The summed E-state index contributed by atoms with van der Waals surface area (Å²) in [6.07, 6.45) is 0. The molecule has 1 unspecified atom stereocenters. The van der Waals surface area contributed by atoms with E-state index >= 15 is 0 Å². The average molecular weight is 295 g/mol. The van der Waals surface area contributed by atoms with Crippen LogP contribution in [-0.2, 0) is 0 Å². The summed E-state index contributed by atoms with van der Waals surface area (Å²) in [7, 11) is 0. The number of rotatable bonds is 4. The fourth-order valence-electron chi connectivity index (χ4n) is 1.01. The Morgan fingerprint density at radius 1 is 1.60 bits per heavy atom. The molecule has 5 heteroatoms. The lowest BCUT2D eigenvalue weighted by atomic mass is 10.2. The van der Waals surface area contributed by atoms with Crippen LogP contribution in [0.1, 0.15) is 6.92 Å². The van der Waals surface area contributed by atoms with Gasteiger partial charge in [0.2, 0.25) is 0 Å². The maximum absolute atomic E-state index is 8.85. The summed E-state index contributed by atoms with van der Waals surface area (Å²) >= 11 is 9.12. The molecule has 0 aromatic heterocycles. The molecular formula is C10H13BrClNO2. The second-order valence-corrected chi connectivity index (χ2v) is 4.70. The van der Waals surface area contributed by atoms with E-state index in [0.29, 0.717) is 23.1 Å². The maximum Gasteiger partial charge on any atom is 0.156 e. The molecule has 0 aliphatic rings. The lowest BCUT2D eigenvalue weighted by molar-refractivity contribution is 0.174. The molecule has 0 saturated carbocycles. The summed E-state index contributed by atoms with van der Waals surface area (Å²) in [6.45, 7) is 2.39. The van der Waals surface area contributed by atoms with E-state index in [1.54, 1.807) is 12.1 Å². The molecule has 1 aromatic carbocycles. The van der Waals surface area contributed by atoms with Crippen molar-refractivity contribution in [3.05, 3.63) is 21.6 Å². The van der Waals surface area contributed by atoms with E-state index in [9.17, 15) is 0 Å². The molecule has 0 fully saturated rings. The van der Waals surface area contributed by atoms with Gasteiger partial charge in [-0.05, 0) is 28.1 Å². The Labute approximate surface area is 102 Å². The number of aliphatic hydroxyl groups is 1. The highest BCUT2D eigenvalue weighted by Gasteiger charge is 2.09. The highest BCUT2D eigenvalue weighted by molar-refractivity contribution is 9.10. The van der Waals surface area contributed by atoms with E-state index in [-0.39, 0.29) is 12.5 Å². The van der Waals surface area contributed by atoms with Crippen LogP contribution in [0.15, 0.2) is 16.6 Å². The highest BCUT2D eigenvalue weighted by Crippen LogP contribution is 2.34. The SMILES string of the molecule is CC(CO)COc1c(N)cc(Cl)cc1Br. The molecule has 0 aliphatic carbocycles. The largest absolute Gasteiger partial charge is 0.490 e. The number of hydrogen-bond donors (Lipinski definition) is 2. The van der Waals surface area contributed by atoms with Gasteiger partial charge >= 0.3 is 0 Å². The number of hydrogen-bond acceptors (Lipinski definition) is 3. The quantitative estimate of drug-likeness (QED) is 0.840. The Morgan fingerprint density at radius 2 is 2.27 bits per heavy atom. The van der Waals surface area contributed by atoms with Crippen molar-refractivity contribution in [3.63, 3.8) is 0 Å². The number of benzene rings is 1. The van der Waals surface area contributed by atoms with Gasteiger partial charge in [-0.3, -0.25) is 0 Å². The van der Waals surface area contributed by atoms with Crippen LogP contribution >= 0.6 is 27.5 Å². The van der Waals surface area contributed by atoms with Crippen LogP contribution in [0.25, 0.3) is 0 Å². The topological polar surface area (TPSA) is 55.5 Å². The van der Waals surface area contributed by atoms with Crippen LogP contribution in [0.5, 0.6) is 5.75 Å². The molecule has 1 rings (SSSR count). The Kier molecular flexibility index (Phi) is 4.70. The van der Waals surface area contributed by atoms with Crippen LogP contribution < -0.4 is 10.5 Å². The third kappa shape index (κ3) is 3.55. The smallest absolute Gasteiger partial charge is 0.156 e. The minimum Gasteiger partial charge on any atom is -0.490 e. The number of halogens is 2. The number of anilines is 1. The van der Waals surface area contributed by atoms with Crippen LogP contribution in [-0.4, -0.2) is 18.3 Å². The van der Waals surface area contributed by atoms with Crippen molar-refractivity contribution in [2.24, 2.45) is 5.92 Å². The molecule has 0 bridgehead atoms. The number of aliphatic hydroxyl groups excluding tert-OH is 1. The van der Waals surface area contributed by atoms with Crippen LogP contribution in [0.4, 0.5) is 5.69 Å². The lowest BCUT2D eigenvalue weighted by Gasteiger charge is -2.14. The third-order valence-electron chi connectivity index (χ3n) is 1.86. The van der Waals surface area contributed by atoms with E-state index in [0.717, 1.165) is 4.47 Å². The molecule has 0 heterocycles. The van der Waals surface area contributed by atoms with Gasteiger partial charge in [0.1, 0.15) is 0 Å². The minimum atomic E-state index is 0.0759. The molecule has 1 atom stereocenters. The van der Waals surface area contributed by atoms with Gasteiger partial charge in [0.05, 0.1) is 16.8 Å². The van der Waals surface area contributed by atoms with Gasteiger partial charge in [0.25, 0.3) is 0 Å². The summed E-state index contributed by atoms with van der Waals surface area (Å²) in [5.41, 5.74) is 6.23. The Balaban J connectivity index is 2.77. The molecule has 0 spiro atoms. The van der Waals surface area contributed by atoms with Crippen LogP contribution in [0, 0.1) is 5.92 Å². The van der Waals surface area contributed by atoms with Crippen molar-refractivity contribution in [3.8, 4) is 5.75 Å². The summed E-state index contributed by atoms with van der Waals surface area (Å²) in [5, 5.41) is 9.41. The predicted molar refractivity (Wildman–Crippen MR) is 65.3 cm³/mol. The fourth-order valence-corrected chi connectivity index (χ4v) is 1.96. The molecule has 0 amide bonds. The molecule has 3 N–H and O–H groups in total. The number of nitrogen functional groups attached to an aromatic ring is 1. The van der Waals surface area contributed by atoms with E-state index in [1.807, 2.05) is 6.92 Å². The van der Waals surface area contributed by atoms with E-state index in [1.165, 1.54) is 0 Å². The van der Waals surface area contributed by atoms with Crippen LogP contribution in [0.2, 0.25) is 5.02 Å². The highest BCUT2D eigenvalue weighted by atomic mass is 79.9. The number of ether oxygens (including phenoxy) is 1. The van der Waals surface area contributed by atoms with Gasteiger partial charge in [-0.25, -0.2) is 0 Å². The molecule has 0 radical (unpaired) electrons. The van der Waals surface area contributed by atoms with Crippen molar-refractivity contribution >= 4 is 33.2 Å². The Hall–Kier alpha value is -0.450. The first kappa shape index (κ1) is 12.6. The fraction of sp³-hybridized carbons (Fsp3) is 0.400. The summed E-state index contributed by atoms with van der Waals surface area (Å²) < 4.78 is 6.20. The zero-order valence-electron chi connectivity index (χ0n) is 8.34. The van der Waals surface area contributed by atoms with Crippen molar-refractivity contribution in [1.82, 2.24) is 0 Å². The average Bonchev–Trinajstić information content (AvgIpc) is 2.15. The zero-order valence-corrected chi connectivity index (χ0v) is 10.7.